The molecule has 1 aliphatic rings. The van der Waals surface area contributed by atoms with Crippen molar-refractivity contribution in [3.63, 3.8) is 0 Å². The molecule has 35 heavy (non-hydrogen) atoms. The van der Waals surface area contributed by atoms with Gasteiger partial charge in [0, 0.05) is 8.95 Å². The number of carbonyl (C=O) groups is 3. The van der Waals surface area contributed by atoms with Gasteiger partial charge in [-0.05, 0) is 60.5 Å². The van der Waals surface area contributed by atoms with Crippen LogP contribution < -0.4 is 19.7 Å². The molecule has 1 N–H and O–H groups in total. The largest absolute Gasteiger partial charge is 0.493 e. The zero-order valence-corrected chi connectivity index (χ0v) is 22.0. The molecule has 178 valence electrons. The van der Waals surface area contributed by atoms with Crippen LogP contribution in [-0.2, 0) is 16.2 Å². The highest BCUT2D eigenvalue weighted by Gasteiger charge is 2.37. The minimum Gasteiger partial charge on any atom is -0.493 e. The Morgan fingerprint density at radius 3 is 2.40 bits per heavy atom. The highest BCUT2D eigenvalue weighted by molar-refractivity contribution is 9.10. The van der Waals surface area contributed by atoms with E-state index in [9.17, 15) is 14.4 Å². The first-order chi connectivity index (χ1) is 16.8. The zero-order chi connectivity index (χ0) is 25.1. The molecule has 0 bridgehead atoms. The minimum atomic E-state index is -0.809. The summed E-state index contributed by atoms with van der Waals surface area (Å²) in [5.74, 6) is -0.586. The Kier molecular flexibility index (Phi) is 7.37. The number of rotatable bonds is 6. The van der Waals surface area contributed by atoms with Gasteiger partial charge in [-0.2, -0.15) is 0 Å². The van der Waals surface area contributed by atoms with E-state index in [0.29, 0.717) is 33.8 Å². The molecule has 1 saturated heterocycles. The SMILES string of the molecule is COc1cc(/C=C2\C(=O)NC(=O)N(c3ccc(Br)cc3)C2=O)c(Br)cc1OCc1cccc(C)c1. The summed E-state index contributed by atoms with van der Waals surface area (Å²) in [6.07, 6.45) is 1.41. The first-order valence-electron chi connectivity index (χ1n) is 10.5. The highest BCUT2D eigenvalue weighted by Crippen LogP contribution is 2.36. The normalized spacial score (nSPS) is 14.8. The smallest absolute Gasteiger partial charge is 0.335 e. The number of ether oxygens (including phenoxy) is 2. The second kappa shape index (κ2) is 10.5. The lowest BCUT2D eigenvalue weighted by Crippen LogP contribution is -2.54. The maximum Gasteiger partial charge on any atom is 0.335 e. The third-order valence-electron chi connectivity index (χ3n) is 5.25. The van der Waals surface area contributed by atoms with Crippen molar-refractivity contribution in [1.29, 1.82) is 0 Å². The van der Waals surface area contributed by atoms with E-state index in [4.69, 9.17) is 9.47 Å². The Balaban J connectivity index is 1.64. The first-order valence-corrected chi connectivity index (χ1v) is 12.1. The predicted octanol–water partition coefficient (Wildman–Crippen LogP) is 5.77. The van der Waals surface area contributed by atoms with Crippen LogP contribution in [0.3, 0.4) is 0 Å². The lowest BCUT2D eigenvalue weighted by Gasteiger charge is -2.26. The number of hydrogen-bond donors (Lipinski definition) is 1. The third kappa shape index (κ3) is 5.47. The van der Waals surface area contributed by atoms with E-state index in [2.05, 4.69) is 37.2 Å². The van der Waals surface area contributed by atoms with E-state index in [1.54, 1.807) is 36.4 Å². The van der Waals surface area contributed by atoms with E-state index >= 15 is 0 Å². The predicted molar refractivity (Wildman–Crippen MR) is 139 cm³/mol. The fourth-order valence-electron chi connectivity index (χ4n) is 3.53. The lowest BCUT2D eigenvalue weighted by molar-refractivity contribution is -0.122. The molecule has 4 amide bonds. The van der Waals surface area contributed by atoms with E-state index in [1.807, 2.05) is 31.2 Å². The Morgan fingerprint density at radius 2 is 1.71 bits per heavy atom. The third-order valence-corrected chi connectivity index (χ3v) is 6.46. The van der Waals surface area contributed by atoms with Crippen LogP contribution in [0.5, 0.6) is 11.5 Å². The van der Waals surface area contributed by atoms with Gasteiger partial charge in [0.2, 0.25) is 0 Å². The van der Waals surface area contributed by atoms with Crippen LogP contribution in [0.4, 0.5) is 10.5 Å². The number of urea groups is 1. The van der Waals surface area contributed by atoms with E-state index in [-0.39, 0.29) is 5.57 Å². The van der Waals surface area contributed by atoms with Crippen molar-refractivity contribution in [2.24, 2.45) is 0 Å². The number of methoxy groups -OCH3 is 1. The molecule has 0 aromatic heterocycles. The van der Waals surface area contributed by atoms with Crippen LogP contribution in [0.2, 0.25) is 0 Å². The quantitative estimate of drug-likeness (QED) is 0.287. The van der Waals surface area contributed by atoms with Gasteiger partial charge in [0.1, 0.15) is 12.2 Å². The molecule has 9 heteroatoms. The summed E-state index contributed by atoms with van der Waals surface area (Å²) in [6.45, 7) is 2.35. The van der Waals surface area contributed by atoms with Gasteiger partial charge < -0.3 is 9.47 Å². The number of imide groups is 2. The number of barbiturate groups is 1. The molecule has 3 aromatic rings. The molecule has 0 aliphatic carbocycles. The summed E-state index contributed by atoms with van der Waals surface area (Å²) in [5, 5.41) is 2.22. The minimum absolute atomic E-state index is 0.191. The summed E-state index contributed by atoms with van der Waals surface area (Å²) in [6, 6.07) is 17.2. The fourth-order valence-corrected chi connectivity index (χ4v) is 4.24. The first kappa shape index (κ1) is 24.7. The molecule has 1 heterocycles. The van der Waals surface area contributed by atoms with Gasteiger partial charge >= 0.3 is 6.03 Å². The number of nitrogens with zero attached hydrogens (tertiary/aromatic N) is 1. The van der Waals surface area contributed by atoms with Crippen LogP contribution in [0.25, 0.3) is 6.08 Å². The maximum absolute atomic E-state index is 13.1. The van der Waals surface area contributed by atoms with E-state index in [0.717, 1.165) is 20.5 Å². The molecule has 3 aromatic carbocycles. The molecule has 4 rings (SSSR count). The molecule has 1 aliphatic heterocycles. The number of amides is 4. The van der Waals surface area contributed by atoms with Crippen molar-refractivity contribution < 1.29 is 23.9 Å². The Labute approximate surface area is 219 Å². The summed E-state index contributed by atoms with van der Waals surface area (Å²) >= 11 is 6.81. The summed E-state index contributed by atoms with van der Waals surface area (Å²) < 4.78 is 12.8. The number of aryl methyl sites for hydroxylation is 1. The molecular formula is C26H20Br2N2O5. The van der Waals surface area contributed by atoms with Crippen molar-refractivity contribution in [3.8, 4) is 11.5 Å². The number of carbonyl (C=O) groups excluding carboxylic acids is 3. The molecular weight excluding hydrogens is 580 g/mol. The van der Waals surface area contributed by atoms with Crippen LogP contribution in [0, 0.1) is 6.92 Å². The number of halogens is 2. The molecule has 0 atom stereocenters. The average molecular weight is 600 g/mol. The van der Waals surface area contributed by atoms with Gasteiger partial charge in [-0.1, -0.05) is 61.7 Å². The molecule has 1 fully saturated rings. The van der Waals surface area contributed by atoms with Gasteiger partial charge in [0.25, 0.3) is 11.8 Å². The van der Waals surface area contributed by atoms with Crippen molar-refractivity contribution in [2.45, 2.75) is 13.5 Å². The van der Waals surface area contributed by atoms with Gasteiger partial charge in [0.05, 0.1) is 12.8 Å². The Morgan fingerprint density at radius 1 is 0.971 bits per heavy atom. The molecule has 0 spiro atoms. The van der Waals surface area contributed by atoms with Crippen LogP contribution in [-0.4, -0.2) is 25.0 Å². The standard InChI is InChI=1S/C26H20Br2N2O5/c1-15-4-3-5-16(10-15)14-35-23-13-21(28)17(12-22(23)34-2)11-20-24(31)29-26(33)30(25(20)32)19-8-6-18(27)7-9-19/h3-13H,14H2,1-2H3,(H,29,31,33)/b20-11+. The van der Waals surface area contributed by atoms with Gasteiger partial charge in [-0.3, -0.25) is 14.9 Å². The summed E-state index contributed by atoms with van der Waals surface area (Å²) in [4.78, 5) is 39.0. The Bertz CT molecular complexity index is 1350. The van der Waals surface area contributed by atoms with E-state index in [1.165, 1.54) is 13.2 Å². The highest BCUT2D eigenvalue weighted by atomic mass is 79.9. The monoisotopic (exact) mass is 598 g/mol. The molecule has 7 nitrogen and oxygen atoms in total. The van der Waals surface area contributed by atoms with Crippen LogP contribution in [0.15, 0.2) is 75.2 Å². The molecule has 0 radical (unpaired) electrons. The number of hydrogen-bond acceptors (Lipinski definition) is 5. The second-order valence-electron chi connectivity index (χ2n) is 7.74. The van der Waals surface area contributed by atoms with Gasteiger partial charge in [-0.25, -0.2) is 9.69 Å². The lowest BCUT2D eigenvalue weighted by atomic mass is 10.1. The molecule has 0 unspecified atom stereocenters. The average Bonchev–Trinajstić information content (AvgIpc) is 2.82. The van der Waals surface area contributed by atoms with Crippen molar-refractivity contribution in [1.82, 2.24) is 5.32 Å². The fraction of sp³-hybridized carbons (Fsp3) is 0.115. The molecule has 0 saturated carbocycles. The second-order valence-corrected chi connectivity index (χ2v) is 9.51. The van der Waals surface area contributed by atoms with Crippen molar-refractivity contribution in [2.75, 3.05) is 12.0 Å². The topological polar surface area (TPSA) is 84.9 Å². The van der Waals surface area contributed by atoms with E-state index < -0.39 is 17.8 Å². The zero-order valence-electron chi connectivity index (χ0n) is 18.8. The Hall–Kier alpha value is -3.43. The van der Waals surface area contributed by atoms with Gasteiger partial charge in [-0.15, -0.1) is 0 Å². The number of benzene rings is 3. The summed E-state index contributed by atoms with van der Waals surface area (Å²) in [7, 11) is 1.51. The number of nitrogens with one attached hydrogen (secondary N) is 1. The van der Waals surface area contributed by atoms with Crippen LogP contribution >= 0.6 is 31.9 Å². The van der Waals surface area contributed by atoms with Crippen molar-refractivity contribution >= 4 is 61.5 Å². The van der Waals surface area contributed by atoms with Crippen molar-refractivity contribution in [3.05, 3.63) is 91.9 Å². The number of anilines is 1. The summed E-state index contributed by atoms with van der Waals surface area (Å²) in [5.41, 5.74) is 2.80. The van der Waals surface area contributed by atoms with Gasteiger partial charge in [0.15, 0.2) is 11.5 Å². The van der Waals surface area contributed by atoms with Crippen LogP contribution in [0.1, 0.15) is 16.7 Å². The maximum atomic E-state index is 13.1.